The van der Waals surface area contributed by atoms with E-state index in [1.807, 2.05) is 0 Å². The first kappa shape index (κ1) is 11.9. The van der Waals surface area contributed by atoms with Crippen molar-refractivity contribution in [1.82, 2.24) is 5.32 Å². The van der Waals surface area contributed by atoms with E-state index in [1.165, 1.54) is 21.6 Å². The molecular weight excluding hydrogens is 242 g/mol. The summed E-state index contributed by atoms with van der Waals surface area (Å²) < 4.78 is 5.48. The van der Waals surface area contributed by atoms with E-state index in [0.717, 1.165) is 19.8 Å². The van der Waals surface area contributed by atoms with Crippen LogP contribution in [0.4, 0.5) is 0 Å². The van der Waals surface area contributed by atoms with Gasteiger partial charge in [-0.3, -0.25) is 0 Å². The number of thiophene rings is 1. The molecule has 0 saturated carbocycles. The third kappa shape index (κ3) is 2.21. The molecule has 1 aliphatic heterocycles. The highest BCUT2D eigenvalue weighted by atomic mass is 32.1. The summed E-state index contributed by atoms with van der Waals surface area (Å²) in [6.07, 6.45) is 0. The van der Waals surface area contributed by atoms with Crippen LogP contribution in [0.3, 0.4) is 0 Å². The average molecular weight is 259 g/mol. The molecule has 3 heteroatoms. The summed E-state index contributed by atoms with van der Waals surface area (Å²) in [5, 5.41) is 5.70. The van der Waals surface area contributed by atoms with Gasteiger partial charge in [-0.2, -0.15) is 0 Å². The molecule has 0 spiro atoms. The van der Waals surface area contributed by atoms with Crippen LogP contribution in [0.25, 0.3) is 0 Å². The lowest BCUT2D eigenvalue weighted by Gasteiger charge is -2.17. The first-order chi connectivity index (χ1) is 8.88. The second kappa shape index (κ2) is 5.22. The number of rotatable bonds is 4. The van der Waals surface area contributed by atoms with Crippen LogP contribution in [0, 0.1) is 0 Å². The molecule has 1 N–H and O–H groups in total. The Morgan fingerprint density at radius 2 is 2.17 bits per heavy atom. The summed E-state index contributed by atoms with van der Waals surface area (Å²) >= 11 is 1.81. The highest BCUT2D eigenvalue weighted by molar-refractivity contribution is 7.10. The molecule has 2 heterocycles. The van der Waals surface area contributed by atoms with Crippen LogP contribution >= 0.6 is 11.3 Å². The number of benzene rings is 1. The molecule has 94 valence electrons. The van der Waals surface area contributed by atoms with Gasteiger partial charge in [-0.1, -0.05) is 31.2 Å². The maximum atomic E-state index is 5.48. The lowest BCUT2D eigenvalue weighted by molar-refractivity contribution is 0.134. The van der Waals surface area contributed by atoms with E-state index < -0.39 is 0 Å². The van der Waals surface area contributed by atoms with Gasteiger partial charge in [-0.05, 0) is 34.7 Å². The van der Waals surface area contributed by atoms with Crippen molar-refractivity contribution in [2.45, 2.75) is 26.2 Å². The Kier molecular flexibility index (Phi) is 3.46. The monoisotopic (exact) mass is 259 g/mol. The standard InChI is InChI=1S/C15H17NOS/c1-2-16-15(14-4-3-7-18-14)11-5-6-12-9-17-10-13(12)8-11/h3-8,15-16H,2,9-10H2,1H3. The topological polar surface area (TPSA) is 21.3 Å². The number of nitrogens with one attached hydrogen (secondary N) is 1. The van der Waals surface area contributed by atoms with Crippen molar-refractivity contribution in [3.63, 3.8) is 0 Å². The maximum Gasteiger partial charge on any atom is 0.0725 e. The molecule has 2 nitrogen and oxygen atoms in total. The van der Waals surface area contributed by atoms with Gasteiger partial charge in [0.15, 0.2) is 0 Å². The molecule has 0 radical (unpaired) electrons. The molecule has 0 bridgehead atoms. The zero-order valence-corrected chi connectivity index (χ0v) is 11.3. The molecule has 2 aromatic rings. The summed E-state index contributed by atoms with van der Waals surface area (Å²) in [5.41, 5.74) is 4.01. The average Bonchev–Trinajstić information content (AvgIpc) is 3.05. The van der Waals surface area contributed by atoms with Crippen LogP contribution in [0.5, 0.6) is 0 Å². The predicted octanol–water partition coefficient (Wildman–Crippen LogP) is 3.48. The lowest BCUT2D eigenvalue weighted by atomic mass is 10.00. The van der Waals surface area contributed by atoms with Crippen LogP contribution in [0.2, 0.25) is 0 Å². The van der Waals surface area contributed by atoms with Gasteiger partial charge in [0.1, 0.15) is 0 Å². The van der Waals surface area contributed by atoms with Gasteiger partial charge in [0, 0.05) is 4.88 Å². The van der Waals surface area contributed by atoms with Gasteiger partial charge in [0.05, 0.1) is 19.3 Å². The van der Waals surface area contributed by atoms with E-state index >= 15 is 0 Å². The summed E-state index contributed by atoms with van der Waals surface area (Å²) in [7, 11) is 0. The van der Waals surface area contributed by atoms with Crippen molar-refractivity contribution in [2.24, 2.45) is 0 Å². The lowest BCUT2D eigenvalue weighted by Crippen LogP contribution is -2.21. The van der Waals surface area contributed by atoms with E-state index in [-0.39, 0.29) is 0 Å². The molecule has 1 aliphatic rings. The molecule has 0 saturated heterocycles. The zero-order valence-electron chi connectivity index (χ0n) is 10.5. The van der Waals surface area contributed by atoms with Crippen LogP contribution in [-0.2, 0) is 18.0 Å². The van der Waals surface area contributed by atoms with Crippen molar-refractivity contribution in [1.29, 1.82) is 0 Å². The van der Waals surface area contributed by atoms with E-state index in [2.05, 4.69) is 48.0 Å². The molecule has 0 aliphatic carbocycles. The van der Waals surface area contributed by atoms with Crippen molar-refractivity contribution in [3.05, 3.63) is 57.3 Å². The Morgan fingerprint density at radius 3 is 2.94 bits per heavy atom. The quantitative estimate of drug-likeness (QED) is 0.907. The van der Waals surface area contributed by atoms with Crippen molar-refractivity contribution < 1.29 is 4.74 Å². The van der Waals surface area contributed by atoms with Crippen molar-refractivity contribution in [2.75, 3.05) is 6.54 Å². The largest absolute Gasteiger partial charge is 0.372 e. The van der Waals surface area contributed by atoms with Gasteiger partial charge in [-0.25, -0.2) is 0 Å². The Bertz CT molecular complexity index is 521. The number of hydrogen-bond donors (Lipinski definition) is 1. The molecule has 0 fully saturated rings. The predicted molar refractivity (Wildman–Crippen MR) is 74.8 cm³/mol. The van der Waals surface area contributed by atoms with Crippen LogP contribution in [0.1, 0.15) is 34.5 Å². The molecular formula is C15H17NOS. The summed E-state index contributed by atoms with van der Waals surface area (Å²) in [6, 6.07) is 11.3. The Labute approximate surface area is 112 Å². The highest BCUT2D eigenvalue weighted by Crippen LogP contribution is 2.29. The fourth-order valence-corrected chi connectivity index (χ4v) is 3.24. The second-order valence-electron chi connectivity index (χ2n) is 4.53. The molecule has 1 unspecified atom stereocenters. The van der Waals surface area contributed by atoms with E-state index in [1.54, 1.807) is 11.3 Å². The van der Waals surface area contributed by atoms with Gasteiger partial charge < -0.3 is 10.1 Å². The van der Waals surface area contributed by atoms with Gasteiger partial charge in [0.2, 0.25) is 0 Å². The molecule has 1 aromatic heterocycles. The Morgan fingerprint density at radius 1 is 1.28 bits per heavy atom. The van der Waals surface area contributed by atoms with Gasteiger partial charge in [0.25, 0.3) is 0 Å². The SMILES string of the molecule is CCNC(c1ccc2c(c1)COC2)c1cccs1. The van der Waals surface area contributed by atoms with Crippen molar-refractivity contribution >= 4 is 11.3 Å². The first-order valence-electron chi connectivity index (χ1n) is 6.34. The number of fused-ring (bicyclic) bond motifs is 1. The molecule has 1 atom stereocenters. The van der Waals surface area contributed by atoms with Gasteiger partial charge >= 0.3 is 0 Å². The minimum Gasteiger partial charge on any atom is -0.372 e. The number of ether oxygens (including phenoxy) is 1. The summed E-state index contributed by atoms with van der Waals surface area (Å²) in [6.45, 7) is 4.64. The molecule has 3 rings (SSSR count). The van der Waals surface area contributed by atoms with Crippen LogP contribution < -0.4 is 5.32 Å². The Balaban J connectivity index is 1.95. The second-order valence-corrected chi connectivity index (χ2v) is 5.51. The maximum absolute atomic E-state index is 5.48. The third-order valence-corrected chi connectivity index (χ3v) is 4.25. The fourth-order valence-electron chi connectivity index (χ4n) is 2.41. The minimum absolute atomic E-state index is 0.306. The minimum atomic E-state index is 0.306. The third-order valence-electron chi connectivity index (χ3n) is 3.31. The first-order valence-corrected chi connectivity index (χ1v) is 7.22. The molecule has 0 amide bonds. The van der Waals surface area contributed by atoms with Gasteiger partial charge in [-0.15, -0.1) is 11.3 Å². The highest BCUT2D eigenvalue weighted by Gasteiger charge is 2.17. The smallest absolute Gasteiger partial charge is 0.0725 e. The van der Waals surface area contributed by atoms with E-state index in [4.69, 9.17) is 4.74 Å². The van der Waals surface area contributed by atoms with Crippen LogP contribution in [0.15, 0.2) is 35.7 Å². The number of hydrogen-bond acceptors (Lipinski definition) is 3. The normalized spacial score (nSPS) is 15.6. The Hall–Kier alpha value is -1.16. The molecule has 1 aromatic carbocycles. The van der Waals surface area contributed by atoms with E-state index in [0.29, 0.717) is 6.04 Å². The van der Waals surface area contributed by atoms with E-state index in [9.17, 15) is 0 Å². The fraction of sp³-hybridized carbons (Fsp3) is 0.333. The zero-order chi connectivity index (χ0) is 12.4. The summed E-state index contributed by atoms with van der Waals surface area (Å²) in [5.74, 6) is 0. The van der Waals surface area contributed by atoms with Crippen molar-refractivity contribution in [3.8, 4) is 0 Å². The van der Waals surface area contributed by atoms with Crippen LogP contribution in [-0.4, -0.2) is 6.54 Å². The molecule has 18 heavy (non-hydrogen) atoms. The summed E-state index contributed by atoms with van der Waals surface area (Å²) in [4.78, 5) is 1.37.